The SMILES string of the molecule is CCOc1ccc(CN(C)C(=O)c2ccc(NS(=O)(=O)c3ccc(C)cc3)cc2)cc1. The minimum atomic E-state index is -3.68. The number of hydrogen-bond donors (Lipinski definition) is 1. The average Bonchev–Trinajstić information content (AvgIpc) is 2.75. The highest BCUT2D eigenvalue weighted by atomic mass is 32.2. The van der Waals surface area contributed by atoms with Crippen LogP contribution in [0.1, 0.15) is 28.4 Å². The van der Waals surface area contributed by atoms with Crippen molar-refractivity contribution < 1.29 is 17.9 Å². The number of benzene rings is 3. The van der Waals surface area contributed by atoms with Crippen molar-refractivity contribution in [3.05, 3.63) is 89.5 Å². The number of nitrogens with zero attached hydrogens (tertiary/aromatic N) is 1. The smallest absolute Gasteiger partial charge is 0.261 e. The molecule has 3 aromatic carbocycles. The normalized spacial score (nSPS) is 11.1. The second-order valence-electron chi connectivity index (χ2n) is 7.23. The number of ether oxygens (including phenoxy) is 1. The zero-order chi connectivity index (χ0) is 22.4. The molecule has 0 heterocycles. The molecule has 0 saturated carbocycles. The predicted octanol–water partition coefficient (Wildman–Crippen LogP) is 4.47. The lowest BCUT2D eigenvalue weighted by Gasteiger charge is -2.18. The van der Waals surface area contributed by atoms with Crippen molar-refractivity contribution in [2.75, 3.05) is 18.4 Å². The quantitative estimate of drug-likeness (QED) is 0.563. The van der Waals surface area contributed by atoms with E-state index >= 15 is 0 Å². The topological polar surface area (TPSA) is 75.7 Å². The monoisotopic (exact) mass is 438 g/mol. The first kappa shape index (κ1) is 22.4. The Kier molecular flexibility index (Phi) is 6.97. The van der Waals surface area contributed by atoms with Gasteiger partial charge in [-0.1, -0.05) is 29.8 Å². The molecule has 0 spiro atoms. The van der Waals surface area contributed by atoms with Gasteiger partial charge in [-0.15, -0.1) is 0 Å². The summed E-state index contributed by atoms with van der Waals surface area (Å²) in [7, 11) is -1.95. The van der Waals surface area contributed by atoms with Crippen molar-refractivity contribution in [3.8, 4) is 5.75 Å². The van der Waals surface area contributed by atoms with Gasteiger partial charge in [-0.2, -0.15) is 0 Å². The summed E-state index contributed by atoms with van der Waals surface area (Å²) in [4.78, 5) is 14.5. The number of hydrogen-bond acceptors (Lipinski definition) is 4. The van der Waals surface area contributed by atoms with Crippen LogP contribution in [0.5, 0.6) is 5.75 Å². The van der Waals surface area contributed by atoms with Crippen LogP contribution in [-0.4, -0.2) is 32.9 Å². The van der Waals surface area contributed by atoms with Crippen molar-refractivity contribution in [2.45, 2.75) is 25.3 Å². The van der Waals surface area contributed by atoms with Crippen LogP contribution in [0.25, 0.3) is 0 Å². The van der Waals surface area contributed by atoms with Crippen molar-refractivity contribution in [2.24, 2.45) is 0 Å². The van der Waals surface area contributed by atoms with E-state index in [4.69, 9.17) is 4.74 Å². The first-order valence-corrected chi connectivity index (χ1v) is 11.4. The molecule has 0 aliphatic carbocycles. The lowest BCUT2D eigenvalue weighted by molar-refractivity contribution is 0.0785. The Morgan fingerprint density at radius 2 is 1.55 bits per heavy atom. The summed E-state index contributed by atoms with van der Waals surface area (Å²) in [5, 5.41) is 0. The van der Waals surface area contributed by atoms with Crippen LogP contribution in [0.3, 0.4) is 0 Å². The van der Waals surface area contributed by atoms with Crippen LogP contribution in [0.4, 0.5) is 5.69 Å². The van der Waals surface area contributed by atoms with Gasteiger partial charge in [0.2, 0.25) is 0 Å². The molecule has 0 fully saturated rings. The third kappa shape index (κ3) is 5.86. The number of anilines is 1. The van der Waals surface area contributed by atoms with E-state index in [0.29, 0.717) is 24.4 Å². The van der Waals surface area contributed by atoms with Gasteiger partial charge < -0.3 is 9.64 Å². The zero-order valence-electron chi connectivity index (χ0n) is 17.8. The lowest BCUT2D eigenvalue weighted by Crippen LogP contribution is -2.26. The van der Waals surface area contributed by atoms with E-state index < -0.39 is 10.0 Å². The lowest BCUT2D eigenvalue weighted by atomic mass is 10.1. The molecule has 3 aromatic rings. The molecule has 0 bridgehead atoms. The first-order chi connectivity index (χ1) is 14.8. The maximum atomic E-state index is 12.7. The van der Waals surface area contributed by atoms with Gasteiger partial charge in [0, 0.05) is 24.8 Å². The molecule has 0 saturated heterocycles. The number of carbonyl (C=O) groups excluding carboxylic acids is 1. The number of carbonyl (C=O) groups is 1. The molecule has 3 rings (SSSR count). The van der Waals surface area contributed by atoms with Gasteiger partial charge in [-0.25, -0.2) is 8.42 Å². The van der Waals surface area contributed by atoms with Gasteiger partial charge in [0.25, 0.3) is 15.9 Å². The Balaban J connectivity index is 1.64. The standard InChI is InChI=1S/C24H26N2O4S/c1-4-30-22-13-7-19(8-14-22)17-26(3)24(27)20-9-11-21(12-10-20)25-31(28,29)23-15-5-18(2)6-16-23/h5-16,25H,4,17H2,1-3H3. The zero-order valence-corrected chi connectivity index (χ0v) is 18.6. The van der Waals surface area contributed by atoms with Gasteiger partial charge in [0.15, 0.2) is 0 Å². The summed E-state index contributed by atoms with van der Waals surface area (Å²) in [5.41, 5.74) is 2.84. The van der Waals surface area contributed by atoms with Crippen LogP contribution in [0.2, 0.25) is 0 Å². The van der Waals surface area contributed by atoms with E-state index in [-0.39, 0.29) is 10.8 Å². The minimum absolute atomic E-state index is 0.151. The molecule has 1 amide bonds. The van der Waals surface area contributed by atoms with E-state index in [0.717, 1.165) is 16.9 Å². The Labute approximate surface area is 183 Å². The fourth-order valence-corrected chi connectivity index (χ4v) is 4.09. The van der Waals surface area contributed by atoms with Crippen LogP contribution >= 0.6 is 0 Å². The fourth-order valence-electron chi connectivity index (χ4n) is 3.04. The minimum Gasteiger partial charge on any atom is -0.494 e. The van der Waals surface area contributed by atoms with Crippen LogP contribution < -0.4 is 9.46 Å². The van der Waals surface area contributed by atoms with Gasteiger partial charge in [-0.05, 0) is 67.9 Å². The number of nitrogens with one attached hydrogen (secondary N) is 1. The molecule has 0 unspecified atom stereocenters. The van der Waals surface area contributed by atoms with E-state index in [9.17, 15) is 13.2 Å². The molecule has 7 heteroatoms. The molecule has 0 radical (unpaired) electrons. The van der Waals surface area contributed by atoms with Crippen LogP contribution in [-0.2, 0) is 16.6 Å². The number of sulfonamides is 1. The van der Waals surface area contributed by atoms with Crippen molar-refractivity contribution in [1.29, 1.82) is 0 Å². The first-order valence-electron chi connectivity index (χ1n) is 9.95. The average molecular weight is 439 g/mol. The molecular weight excluding hydrogens is 412 g/mol. The van der Waals surface area contributed by atoms with Crippen molar-refractivity contribution >= 4 is 21.6 Å². The molecule has 31 heavy (non-hydrogen) atoms. The van der Waals surface area contributed by atoms with Gasteiger partial charge >= 0.3 is 0 Å². The predicted molar refractivity (Wildman–Crippen MR) is 122 cm³/mol. The van der Waals surface area contributed by atoms with Gasteiger partial charge in [0.1, 0.15) is 5.75 Å². The van der Waals surface area contributed by atoms with Crippen molar-refractivity contribution in [1.82, 2.24) is 4.90 Å². The highest BCUT2D eigenvalue weighted by Gasteiger charge is 2.16. The summed E-state index contributed by atoms with van der Waals surface area (Å²) >= 11 is 0. The summed E-state index contributed by atoms with van der Waals surface area (Å²) in [6.07, 6.45) is 0. The van der Waals surface area contributed by atoms with E-state index in [1.807, 2.05) is 38.1 Å². The number of amides is 1. The molecule has 0 aliphatic heterocycles. The highest BCUT2D eigenvalue weighted by Crippen LogP contribution is 2.19. The third-order valence-corrected chi connectivity index (χ3v) is 6.11. The molecular formula is C24H26N2O4S. The largest absolute Gasteiger partial charge is 0.494 e. The second-order valence-corrected chi connectivity index (χ2v) is 8.92. The summed E-state index contributed by atoms with van der Waals surface area (Å²) in [6, 6.07) is 20.6. The van der Waals surface area contributed by atoms with Gasteiger partial charge in [0.05, 0.1) is 11.5 Å². The van der Waals surface area contributed by atoms with E-state index in [1.165, 1.54) is 0 Å². The summed E-state index contributed by atoms with van der Waals surface area (Å²) in [6.45, 7) is 4.88. The third-order valence-electron chi connectivity index (χ3n) is 4.72. The Hall–Kier alpha value is -3.32. The molecule has 1 N–H and O–H groups in total. The number of rotatable bonds is 8. The van der Waals surface area contributed by atoms with E-state index in [2.05, 4.69) is 4.72 Å². The van der Waals surface area contributed by atoms with Crippen LogP contribution in [0.15, 0.2) is 77.7 Å². The van der Waals surface area contributed by atoms with Gasteiger partial charge in [-0.3, -0.25) is 9.52 Å². The number of aryl methyl sites for hydroxylation is 1. The molecule has 162 valence electrons. The maximum absolute atomic E-state index is 12.7. The maximum Gasteiger partial charge on any atom is 0.261 e. The second kappa shape index (κ2) is 9.66. The Morgan fingerprint density at radius 1 is 0.935 bits per heavy atom. The van der Waals surface area contributed by atoms with Crippen LogP contribution in [0, 0.1) is 6.92 Å². The highest BCUT2D eigenvalue weighted by molar-refractivity contribution is 7.92. The summed E-state index contributed by atoms with van der Waals surface area (Å²) < 4.78 is 33.0. The van der Waals surface area contributed by atoms with E-state index in [1.54, 1.807) is 60.5 Å². The molecule has 6 nitrogen and oxygen atoms in total. The Morgan fingerprint density at radius 3 is 2.13 bits per heavy atom. The molecule has 0 aromatic heterocycles. The summed E-state index contributed by atoms with van der Waals surface area (Å²) in [5.74, 6) is 0.644. The van der Waals surface area contributed by atoms with Crippen molar-refractivity contribution in [3.63, 3.8) is 0 Å². The molecule has 0 aliphatic rings. The molecule has 0 atom stereocenters. The fraction of sp³-hybridized carbons (Fsp3) is 0.208. The Bertz CT molecular complexity index is 1120.